The van der Waals surface area contributed by atoms with Crippen molar-refractivity contribution in [2.75, 3.05) is 13.1 Å². The first kappa shape index (κ1) is 20.1. The number of carbonyl (C=O) groups is 1. The largest absolute Gasteiger partial charge is 0.352 e. The van der Waals surface area contributed by atoms with E-state index in [-0.39, 0.29) is 36.2 Å². The molecule has 0 bridgehead atoms. The molecule has 0 spiro atoms. The highest BCUT2D eigenvalue weighted by Crippen LogP contribution is 2.21. The van der Waals surface area contributed by atoms with E-state index in [9.17, 15) is 9.18 Å². The number of nitrogens with one attached hydrogen (secondary N) is 2. The van der Waals surface area contributed by atoms with Gasteiger partial charge in [-0.2, -0.15) is 0 Å². The van der Waals surface area contributed by atoms with Gasteiger partial charge in [-0.3, -0.25) is 9.69 Å². The molecule has 2 heterocycles. The molecule has 25 heavy (non-hydrogen) atoms. The number of piperidine rings is 2. The summed E-state index contributed by atoms with van der Waals surface area (Å²) in [5, 5.41) is 6.68. The van der Waals surface area contributed by atoms with Crippen LogP contribution in [0.2, 0.25) is 0 Å². The molecule has 0 aromatic heterocycles. The Morgan fingerprint density at radius 2 is 2.04 bits per heavy atom. The summed E-state index contributed by atoms with van der Waals surface area (Å²) in [5.41, 5.74) is 1.06. The summed E-state index contributed by atoms with van der Waals surface area (Å²) in [6.07, 6.45) is 5.13. The van der Waals surface area contributed by atoms with Gasteiger partial charge in [0.15, 0.2) is 0 Å². The first-order valence-electron chi connectivity index (χ1n) is 9.14. The number of carbonyl (C=O) groups excluding carboxylic acids is 1. The van der Waals surface area contributed by atoms with Crippen LogP contribution in [0.15, 0.2) is 24.3 Å². The first-order chi connectivity index (χ1) is 11.6. The molecule has 6 heteroatoms. The van der Waals surface area contributed by atoms with Crippen LogP contribution in [0.3, 0.4) is 0 Å². The summed E-state index contributed by atoms with van der Waals surface area (Å²) >= 11 is 0. The van der Waals surface area contributed by atoms with Crippen LogP contribution in [-0.4, -0.2) is 42.0 Å². The van der Waals surface area contributed by atoms with Gasteiger partial charge >= 0.3 is 0 Å². The molecule has 1 aromatic rings. The molecular formula is C19H29ClFN3O. The second-order valence-electron chi connectivity index (χ2n) is 7.19. The molecule has 2 N–H and O–H groups in total. The topological polar surface area (TPSA) is 44.4 Å². The van der Waals surface area contributed by atoms with Crippen molar-refractivity contribution >= 4 is 18.3 Å². The van der Waals surface area contributed by atoms with Gasteiger partial charge in [0.1, 0.15) is 5.82 Å². The Balaban J connectivity index is 0.00000225. The Hall–Kier alpha value is -1.17. The minimum absolute atomic E-state index is 0. The Bertz CT molecular complexity index is 554. The maximum Gasteiger partial charge on any atom is 0.237 e. The van der Waals surface area contributed by atoms with Crippen LogP contribution >= 0.6 is 12.4 Å². The summed E-state index contributed by atoms with van der Waals surface area (Å²) < 4.78 is 13.1. The lowest BCUT2D eigenvalue weighted by molar-refractivity contribution is -0.128. The van der Waals surface area contributed by atoms with E-state index in [1.807, 2.05) is 12.1 Å². The second-order valence-corrected chi connectivity index (χ2v) is 7.19. The van der Waals surface area contributed by atoms with Crippen molar-refractivity contribution in [1.82, 2.24) is 15.5 Å². The molecular weight excluding hydrogens is 341 g/mol. The molecule has 1 aromatic carbocycles. The van der Waals surface area contributed by atoms with Crippen molar-refractivity contribution in [2.45, 2.75) is 63.7 Å². The zero-order valence-electron chi connectivity index (χ0n) is 14.8. The maximum atomic E-state index is 13.1. The van der Waals surface area contributed by atoms with Crippen LogP contribution in [-0.2, 0) is 11.3 Å². The monoisotopic (exact) mass is 369 g/mol. The number of rotatable bonds is 4. The maximum absolute atomic E-state index is 13.1. The van der Waals surface area contributed by atoms with E-state index in [1.165, 1.54) is 12.1 Å². The molecule has 1 amide bonds. The fourth-order valence-electron chi connectivity index (χ4n) is 3.86. The molecule has 3 unspecified atom stereocenters. The van der Waals surface area contributed by atoms with Crippen molar-refractivity contribution in [1.29, 1.82) is 0 Å². The number of hydrogen-bond acceptors (Lipinski definition) is 3. The zero-order valence-corrected chi connectivity index (χ0v) is 15.7. The van der Waals surface area contributed by atoms with Gasteiger partial charge in [-0.15, -0.1) is 12.4 Å². The van der Waals surface area contributed by atoms with E-state index in [4.69, 9.17) is 0 Å². The van der Waals surface area contributed by atoms with Crippen molar-refractivity contribution in [3.05, 3.63) is 35.6 Å². The molecule has 2 fully saturated rings. The van der Waals surface area contributed by atoms with Crippen LogP contribution < -0.4 is 10.6 Å². The van der Waals surface area contributed by atoms with Crippen molar-refractivity contribution in [2.24, 2.45) is 0 Å². The number of nitrogens with zero attached hydrogens (tertiary/aromatic N) is 1. The molecule has 140 valence electrons. The number of benzene rings is 1. The highest BCUT2D eigenvalue weighted by molar-refractivity contribution is 5.85. The number of hydrogen-bond donors (Lipinski definition) is 2. The van der Waals surface area contributed by atoms with Crippen LogP contribution in [0.4, 0.5) is 4.39 Å². The first-order valence-corrected chi connectivity index (χ1v) is 9.14. The van der Waals surface area contributed by atoms with Gasteiger partial charge in [0, 0.05) is 18.6 Å². The van der Waals surface area contributed by atoms with Gasteiger partial charge in [0.05, 0.1) is 6.04 Å². The summed E-state index contributed by atoms with van der Waals surface area (Å²) in [5.74, 6) is -0.0531. The predicted molar refractivity (Wildman–Crippen MR) is 100 cm³/mol. The smallest absolute Gasteiger partial charge is 0.237 e. The quantitative estimate of drug-likeness (QED) is 0.857. The lowest BCUT2D eigenvalue weighted by Gasteiger charge is -2.36. The summed E-state index contributed by atoms with van der Waals surface area (Å²) in [4.78, 5) is 15.0. The van der Waals surface area contributed by atoms with Crippen molar-refractivity contribution in [3.63, 3.8) is 0 Å². The normalized spacial score (nSPS) is 27.4. The Labute approximate surface area is 156 Å². The average molecular weight is 370 g/mol. The van der Waals surface area contributed by atoms with E-state index in [0.717, 1.165) is 50.8 Å². The fraction of sp³-hybridized carbons (Fsp3) is 0.632. The van der Waals surface area contributed by atoms with Gasteiger partial charge in [-0.25, -0.2) is 4.39 Å². The minimum Gasteiger partial charge on any atom is -0.352 e. The molecule has 3 atom stereocenters. The minimum atomic E-state index is -0.216. The van der Waals surface area contributed by atoms with Gasteiger partial charge < -0.3 is 10.6 Å². The third-order valence-electron chi connectivity index (χ3n) is 5.19. The lowest BCUT2D eigenvalue weighted by Crippen LogP contribution is -2.54. The Morgan fingerprint density at radius 3 is 2.76 bits per heavy atom. The van der Waals surface area contributed by atoms with E-state index in [1.54, 1.807) is 0 Å². The SMILES string of the molecule is CC1CC(NC(=O)C2CCCCN2Cc2ccc(F)cc2)CCN1.Cl. The second kappa shape index (κ2) is 9.51. The highest BCUT2D eigenvalue weighted by Gasteiger charge is 2.30. The number of halogens is 2. The molecule has 0 radical (unpaired) electrons. The van der Waals surface area contributed by atoms with E-state index in [0.29, 0.717) is 12.6 Å². The predicted octanol–water partition coefficient (Wildman–Crippen LogP) is 2.86. The summed E-state index contributed by atoms with van der Waals surface area (Å²) in [6, 6.07) is 7.29. The molecule has 4 nitrogen and oxygen atoms in total. The Morgan fingerprint density at radius 1 is 1.28 bits per heavy atom. The van der Waals surface area contributed by atoms with E-state index < -0.39 is 0 Å². The van der Waals surface area contributed by atoms with Crippen molar-refractivity contribution < 1.29 is 9.18 Å². The third kappa shape index (κ3) is 5.66. The molecule has 3 rings (SSSR count). The molecule has 2 aliphatic heterocycles. The number of amides is 1. The van der Waals surface area contributed by atoms with Crippen LogP contribution in [0, 0.1) is 5.82 Å². The van der Waals surface area contributed by atoms with Gasteiger partial charge in [0.25, 0.3) is 0 Å². The van der Waals surface area contributed by atoms with E-state index >= 15 is 0 Å². The molecule has 2 saturated heterocycles. The number of likely N-dealkylation sites (tertiary alicyclic amines) is 1. The van der Waals surface area contributed by atoms with Gasteiger partial charge in [-0.1, -0.05) is 18.6 Å². The van der Waals surface area contributed by atoms with Crippen LogP contribution in [0.1, 0.15) is 44.6 Å². The average Bonchev–Trinajstić information content (AvgIpc) is 2.57. The highest BCUT2D eigenvalue weighted by atomic mass is 35.5. The molecule has 0 aliphatic carbocycles. The van der Waals surface area contributed by atoms with Crippen LogP contribution in [0.5, 0.6) is 0 Å². The van der Waals surface area contributed by atoms with Gasteiger partial charge in [-0.05, 0) is 63.4 Å². The lowest BCUT2D eigenvalue weighted by atomic mass is 9.97. The Kier molecular flexibility index (Phi) is 7.66. The van der Waals surface area contributed by atoms with Gasteiger partial charge in [0.2, 0.25) is 5.91 Å². The molecule has 0 saturated carbocycles. The summed E-state index contributed by atoms with van der Waals surface area (Å²) in [6.45, 7) is 4.77. The molecule has 2 aliphatic rings. The standard InChI is InChI=1S/C19H28FN3O.ClH/c1-14-12-17(9-10-21-14)22-19(24)18-4-2-3-11-23(18)13-15-5-7-16(20)8-6-15;/h5-8,14,17-18,21H,2-4,9-13H2,1H3,(H,22,24);1H. The summed E-state index contributed by atoms with van der Waals surface area (Å²) in [7, 11) is 0. The van der Waals surface area contributed by atoms with Crippen molar-refractivity contribution in [3.8, 4) is 0 Å². The van der Waals surface area contributed by atoms with E-state index in [2.05, 4.69) is 22.5 Å². The van der Waals surface area contributed by atoms with Crippen LogP contribution in [0.25, 0.3) is 0 Å². The zero-order chi connectivity index (χ0) is 16.9. The third-order valence-corrected chi connectivity index (χ3v) is 5.19. The fourth-order valence-corrected chi connectivity index (χ4v) is 3.86.